The summed E-state index contributed by atoms with van der Waals surface area (Å²) in [7, 11) is -0.150. The van der Waals surface area contributed by atoms with E-state index in [0.29, 0.717) is 12.2 Å². The molecule has 0 aromatic carbocycles. The van der Waals surface area contributed by atoms with Gasteiger partial charge in [0.05, 0.1) is 5.75 Å². The Balaban J connectivity index is 0. The maximum atomic E-state index is 10.3. The van der Waals surface area contributed by atoms with Crippen LogP contribution in [0.15, 0.2) is 0 Å². The van der Waals surface area contributed by atoms with E-state index in [1.54, 1.807) is 4.90 Å². The van der Waals surface area contributed by atoms with Crippen molar-refractivity contribution in [2.45, 2.75) is 6.42 Å². The first-order valence-corrected chi connectivity index (χ1v) is 6.62. The zero-order chi connectivity index (χ0) is 10.5. The topological polar surface area (TPSA) is 57.6 Å². The number of nitrogens with zero attached hydrogens (tertiary/aromatic N) is 1. The summed E-state index contributed by atoms with van der Waals surface area (Å²) < 4.78 is 29.8. The van der Waals surface area contributed by atoms with E-state index in [1.807, 2.05) is 14.1 Å². The van der Waals surface area contributed by atoms with Crippen LogP contribution in [0.25, 0.3) is 0 Å². The van der Waals surface area contributed by atoms with Crippen molar-refractivity contribution < 1.29 is 42.5 Å². The molecule has 0 spiro atoms. The molecule has 0 atom stereocenters. The van der Waals surface area contributed by atoms with Gasteiger partial charge in [-0.25, -0.2) is 0 Å². The van der Waals surface area contributed by atoms with Crippen LogP contribution in [0, 0.1) is 0 Å². The molecule has 78 valence electrons. The van der Waals surface area contributed by atoms with Crippen molar-refractivity contribution in [3.05, 3.63) is 0 Å². The van der Waals surface area contributed by atoms with Gasteiger partial charge in [-0.2, -0.15) is 8.42 Å². The van der Waals surface area contributed by atoms with Gasteiger partial charge < -0.3 is 4.90 Å². The number of thioether (sulfide) groups is 1. The van der Waals surface area contributed by atoms with Crippen molar-refractivity contribution in [1.29, 1.82) is 0 Å². The Kier molecular flexibility index (Phi) is 10.4. The van der Waals surface area contributed by atoms with Gasteiger partial charge in [0.25, 0.3) is 10.1 Å². The van der Waals surface area contributed by atoms with Crippen LogP contribution in [0.5, 0.6) is 0 Å². The summed E-state index contributed by atoms with van der Waals surface area (Å²) in [6.07, 6.45) is 0.414. The molecule has 0 saturated heterocycles. The minimum Gasteiger partial charge on any atom is -0.364 e. The maximum absolute atomic E-state index is 10.3. The van der Waals surface area contributed by atoms with Crippen LogP contribution in [-0.4, -0.2) is 47.8 Å². The minimum absolute atomic E-state index is 0. The monoisotopic (exact) mass is 266 g/mol. The van der Waals surface area contributed by atoms with Crippen molar-refractivity contribution in [2.24, 2.45) is 0 Å². The summed E-state index contributed by atoms with van der Waals surface area (Å²) in [5, 5.41) is 0. The molecule has 0 rings (SSSR count). The first-order chi connectivity index (χ1) is 5.83. The van der Waals surface area contributed by atoms with Gasteiger partial charge in [-0.1, -0.05) is 24.0 Å². The second-order valence-corrected chi connectivity index (χ2v) is 5.95. The van der Waals surface area contributed by atoms with Crippen LogP contribution < -0.4 is 29.6 Å². The van der Waals surface area contributed by atoms with Crippen LogP contribution in [0.4, 0.5) is 0 Å². The molecule has 0 radical (unpaired) electrons. The number of hydrogen-bond acceptors (Lipinski definition) is 4. The van der Waals surface area contributed by atoms with E-state index in [2.05, 4.69) is 0 Å². The van der Waals surface area contributed by atoms with Gasteiger partial charge in [-0.3, -0.25) is 4.55 Å². The molecule has 8 heteroatoms. The van der Waals surface area contributed by atoms with Crippen LogP contribution in [0.1, 0.15) is 6.42 Å². The fourth-order valence-corrected chi connectivity index (χ4v) is 2.19. The Bertz CT molecular complexity index is 265. The zero-order valence-corrected chi connectivity index (χ0v) is 13.0. The van der Waals surface area contributed by atoms with Crippen molar-refractivity contribution in [2.75, 3.05) is 25.6 Å². The standard InChI is InChI=1S/C6H13NO3S3.Na/c1-7(2)6(11)12-4-3-5-13(8,9)10;/h3-5H2,1-2H3,(H,8,9,10);/q;+1. The summed E-state index contributed by atoms with van der Waals surface area (Å²) in [5.41, 5.74) is 0. The van der Waals surface area contributed by atoms with Gasteiger partial charge in [0, 0.05) is 19.8 Å². The Morgan fingerprint density at radius 3 is 2.36 bits per heavy atom. The van der Waals surface area contributed by atoms with Crippen molar-refractivity contribution in [3.8, 4) is 0 Å². The van der Waals surface area contributed by atoms with Gasteiger partial charge >= 0.3 is 29.6 Å². The third-order valence-electron chi connectivity index (χ3n) is 1.14. The largest absolute Gasteiger partial charge is 1.00 e. The van der Waals surface area contributed by atoms with E-state index in [-0.39, 0.29) is 35.3 Å². The Morgan fingerprint density at radius 2 is 2.00 bits per heavy atom. The quantitative estimate of drug-likeness (QED) is 0.271. The summed E-state index contributed by atoms with van der Waals surface area (Å²) in [6, 6.07) is 0. The summed E-state index contributed by atoms with van der Waals surface area (Å²) >= 11 is 6.37. The molecule has 0 fully saturated rings. The van der Waals surface area contributed by atoms with E-state index in [0.717, 1.165) is 4.32 Å². The van der Waals surface area contributed by atoms with Gasteiger partial charge in [0.2, 0.25) is 0 Å². The second-order valence-electron chi connectivity index (χ2n) is 2.65. The number of rotatable bonds is 4. The first-order valence-electron chi connectivity index (χ1n) is 3.62. The molecule has 14 heavy (non-hydrogen) atoms. The van der Waals surface area contributed by atoms with Crippen LogP contribution in [-0.2, 0) is 10.1 Å². The summed E-state index contributed by atoms with van der Waals surface area (Å²) in [4.78, 5) is 1.79. The molecule has 0 saturated carbocycles. The predicted molar refractivity (Wildman–Crippen MR) is 59.8 cm³/mol. The Hall–Kier alpha value is 1.15. The van der Waals surface area contributed by atoms with Gasteiger partial charge in [-0.15, -0.1) is 0 Å². The van der Waals surface area contributed by atoms with Gasteiger partial charge in [-0.05, 0) is 6.42 Å². The minimum atomic E-state index is -3.81. The van der Waals surface area contributed by atoms with Crippen molar-refractivity contribution >= 4 is 38.4 Å². The van der Waals surface area contributed by atoms with E-state index in [1.165, 1.54) is 11.8 Å². The fraction of sp³-hybridized carbons (Fsp3) is 0.833. The van der Waals surface area contributed by atoms with E-state index < -0.39 is 10.1 Å². The molecule has 0 bridgehead atoms. The molecule has 0 amide bonds. The zero-order valence-electron chi connectivity index (χ0n) is 8.56. The molecular formula is C6H13NNaO3S3+. The molecule has 1 N–H and O–H groups in total. The molecule has 0 aromatic heterocycles. The predicted octanol–water partition coefficient (Wildman–Crippen LogP) is -2.15. The van der Waals surface area contributed by atoms with E-state index in [9.17, 15) is 8.42 Å². The third kappa shape index (κ3) is 11.2. The normalized spacial score (nSPS) is 10.5. The average Bonchev–Trinajstić information content (AvgIpc) is 1.95. The van der Waals surface area contributed by atoms with Crippen LogP contribution in [0.3, 0.4) is 0 Å². The van der Waals surface area contributed by atoms with E-state index in [4.69, 9.17) is 16.8 Å². The van der Waals surface area contributed by atoms with Gasteiger partial charge in [0.15, 0.2) is 0 Å². The molecule has 0 aliphatic carbocycles. The number of hydrogen-bond donors (Lipinski definition) is 1. The summed E-state index contributed by atoms with van der Waals surface area (Å²) in [5.74, 6) is 0.410. The summed E-state index contributed by atoms with van der Waals surface area (Å²) in [6.45, 7) is 0. The first kappa shape index (κ1) is 17.5. The molecule has 0 unspecified atom stereocenters. The molecular weight excluding hydrogens is 253 g/mol. The van der Waals surface area contributed by atoms with Crippen molar-refractivity contribution in [3.63, 3.8) is 0 Å². The maximum Gasteiger partial charge on any atom is 1.00 e. The fourth-order valence-electron chi connectivity index (χ4n) is 0.530. The Labute approximate surface area is 117 Å². The van der Waals surface area contributed by atoms with Crippen molar-refractivity contribution in [1.82, 2.24) is 4.90 Å². The molecule has 0 heterocycles. The smallest absolute Gasteiger partial charge is 0.364 e. The molecule has 0 aromatic rings. The van der Waals surface area contributed by atoms with E-state index >= 15 is 0 Å². The van der Waals surface area contributed by atoms with Gasteiger partial charge in [0.1, 0.15) is 4.32 Å². The molecule has 0 aliphatic rings. The van der Waals surface area contributed by atoms with Crippen LogP contribution in [0.2, 0.25) is 0 Å². The third-order valence-corrected chi connectivity index (χ3v) is 3.77. The SMILES string of the molecule is CN(C)C(=S)SCCCS(=O)(=O)O.[Na+]. The molecule has 0 aliphatic heterocycles. The van der Waals surface area contributed by atoms with Crippen LogP contribution >= 0.6 is 24.0 Å². The molecule has 4 nitrogen and oxygen atoms in total. The second kappa shape index (κ2) is 8.32. The Morgan fingerprint density at radius 1 is 1.50 bits per heavy atom. The number of thiocarbonyl (C=S) groups is 1. The average molecular weight is 266 g/mol.